The molecule has 4 heteroatoms. The van der Waals surface area contributed by atoms with E-state index in [0.29, 0.717) is 17.2 Å². The Morgan fingerprint density at radius 1 is 1.47 bits per heavy atom. The highest BCUT2D eigenvalue weighted by molar-refractivity contribution is 6.32. The topological polar surface area (TPSA) is 49.7 Å². The zero-order valence-electron chi connectivity index (χ0n) is 8.62. The van der Waals surface area contributed by atoms with Gasteiger partial charge in [-0.25, -0.2) is 0 Å². The number of ether oxygens (including phenoxy) is 1. The number of hydrogen-bond donors (Lipinski definition) is 2. The van der Waals surface area contributed by atoms with Crippen LogP contribution in [0.1, 0.15) is 19.4 Å². The smallest absolute Gasteiger partial charge is 0.142 e. The molecule has 1 aliphatic heterocycles. The lowest BCUT2D eigenvalue weighted by Crippen LogP contribution is -2.39. The molecule has 82 valence electrons. The van der Waals surface area contributed by atoms with Crippen molar-refractivity contribution in [3.05, 3.63) is 22.7 Å². The molecule has 1 heterocycles. The number of fused-ring (bicyclic) bond motifs is 1. The van der Waals surface area contributed by atoms with Crippen molar-refractivity contribution in [2.24, 2.45) is 0 Å². The normalized spacial score (nSPS) is 19.9. The molecule has 1 atom stereocenters. The predicted octanol–water partition coefficient (Wildman–Crippen LogP) is 2.12. The van der Waals surface area contributed by atoms with Gasteiger partial charge >= 0.3 is 0 Å². The Balaban J connectivity index is 2.35. The highest BCUT2D eigenvalue weighted by Crippen LogP contribution is 2.40. The van der Waals surface area contributed by atoms with Crippen molar-refractivity contribution in [1.29, 1.82) is 0 Å². The highest BCUT2D eigenvalue weighted by Gasteiger charge is 2.36. The molecule has 0 aromatic heterocycles. The van der Waals surface area contributed by atoms with E-state index in [9.17, 15) is 10.2 Å². The second kappa shape index (κ2) is 3.29. The lowest BCUT2D eigenvalue weighted by molar-refractivity contribution is -0.0229. The summed E-state index contributed by atoms with van der Waals surface area (Å²) in [5.41, 5.74) is -0.0788. The van der Waals surface area contributed by atoms with Crippen LogP contribution in [0.25, 0.3) is 0 Å². The summed E-state index contributed by atoms with van der Waals surface area (Å²) in [4.78, 5) is 0. The molecule has 1 unspecified atom stereocenters. The van der Waals surface area contributed by atoms with E-state index in [1.54, 1.807) is 19.9 Å². The molecule has 1 aromatic rings. The maximum atomic E-state index is 9.82. The van der Waals surface area contributed by atoms with Crippen LogP contribution in [0.5, 0.6) is 11.5 Å². The van der Waals surface area contributed by atoms with Gasteiger partial charge in [0.05, 0.1) is 10.6 Å². The number of aromatic hydroxyl groups is 1. The number of benzene rings is 1. The summed E-state index contributed by atoms with van der Waals surface area (Å²) in [5.74, 6) is 0.695. The molecule has 0 saturated heterocycles. The largest absolute Gasteiger partial charge is 0.508 e. The van der Waals surface area contributed by atoms with Crippen LogP contribution in [-0.4, -0.2) is 21.9 Å². The molecule has 0 radical (unpaired) electrons. The first-order valence-corrected chi connectivity index (χ1v) is 5.16. The number of hydrogen-bond acceptors (Lipinski definition) is 3. The average molecular weight is 229 g/mol. The second-order valence-electron chi connectivity index (χ2n) is 4.38. The predicted molar refractivity (Wildman–Crippen MR) is 57.5 cm³/mol. The van der Waals surface area contributed by atoms with Crippen LogP contribution in [0.4, 0.5) is 0 Å². The average Bonchev–Trinajstić information content (AvgIpc) is 2.46. The highest BCUT2D eigenvalue weighted by atomic mass is 35.5. The first-order valence-electron chi connectivity index (χ1n) is 4.78. The molecular formula is C11H13ClO3. The molecule has 3 nitrogen and oxygen atoms in total. The standard InChI is InChI=1S/C11H13ClO3/c1-11(2,14)9-4-6-3-7(13)5-8(12)10(6)15-9/h3,5,9,13-14H,4H2,1-2H3. The van der Waals surface area contributed by atoms with E-state index in [-0.39, 0.29) is 11.9 Å². The lowest BCUT2D eigenvalue weighted by Gasteiger charge is -2.24. The summed E-state index contributed by atoms with van der Waals surface area (Å²) < 4.78 is 5.56. The summed E-state index contributed by atoms with van der Waals surface area (Å²) >= 11 is 5.92. The van der Waals surface area contributed by atoms with Crippen molar-refractivity contribution in [1.82, 2.24) is 0 Å². The monoisotopic (exact) mass is 228 g/mol. The van der Waals surface area contributed by atoms with Gasteiger partial charge in [-0.1, -0.05) is 11.6 Å². The number of rotatable bonds is 1. The zero-order valence-corrected chi connectivity index (χ0v) is 9.38. The molecular weight excluding hydrogens is 216 g/mol. The first kappa shape index (κ1) is 10.6. The molecule has 2 N–H and O–H groups in total. The van der Waals surface area contributed by atoms with Crippen molar-refractivity contribution >= 4 is 11.6 Å². The van der Waals surface area contributed by atoms with Crippen LogP contribution in [0, 0.1) is 0 Å². The van der Waals surface area contributed by atoms with Crippen LogP contribution in [-0.2, 0) is 6.42 Å². The second-order valence-corrected chi connectivity index (χ2v) is 4.79. The summed E-state index contributed by atoms with van der Waals surface area (Å²) in [6.45, 7) is 3.38. The van der Waals surface area contributed by atoms with Crippen molar-refractivity contribution in [2.75, 3.05) is 0 Å². The fourth-order valence-electron chi connectivity index (χ4n) is 1.70. The Morgan fingerprint density at radius 3 is 2.73 bits per heavy atom. The van der Waals surface area contributed by atoms with Crippen LogP contribution in [0.2, 0.25) is 5.02 Å². The van der Waals surface area contributed by atoms with Gasteiger partial charge in [-0.3, -0.25) is 0 Å². The summed E-state index contributed by atoms with van der Waals surface area (Å²) in [6, 6.07) is 3.06. The summed E-state index contributed by atoms with van der Waals surface area (Å²) in [5, 5.41) is 19.6. The minimum atomic E-state index is -0.919. The third kappa shape index (κ3) is 1.90. The molecule has 15 heavy (non-hydrogen) atoms. The Bertz CT molecular complexity index is 396. The van der Waals surface area contributed by atoms with Gasteiger partial charge in [0.2, 0.25) is 0 Å². The van der Waals surface area contributed by atoms with Gasteiger partial charge in [0, 0.05) is 18.1 Å². The van der Waals surface area contributed by atoms with E-state index < -0.39 is 5.60 Å². The Kier molecular flexibility index (Phi) is 2.32. The first-order chi connectivity index (χ1) is 6.88. The van der Waals surface area contributed by atoms with Gasteiger partial charge in [0.25, 0.3) is 0 Å². The number of halogens is 1. The van der Waals surface area contributed by atoms with E-state index in [1.165, 1.54) is 6.07 Å². The fourth-order valence-corrected chi connectivity index (χ4v) is 1.97. The van der Waals surface area contributed by atoms with Gasteiger partial charge in [-0.2, -0.15) is 0 Å². The van der Waals surface area contributed by atoms with Gasteiger partial charge < -0.3 is 14.9 Å². The Labute approximate surface area is 93.3 Å². The van der Waals surface area contributed by atoms with Gasteiger partial charge in [0.15, 0.2) is 0 Å². The van der Waals surface area contributed by atoms with E-state index in [0.717, 1.165) is 5.56 Å². The van der Waals surface area contributed by atoms with Crippen LogP contribution >= 0.6 is 11.6 Å². The maximum absolute atomic E-state index is 9.82. The van der Waals surface area contributed by atoms with Crippen molar-refractivity contribution in [2.45, 2.75) is 32.0 Å². The van der Waals surface area contributed by atoms with Crippen molar-refractivity contribution < 1.29 is 14.9 Å². The summed E-state index contributed by atoms with van der Waals surface area (Å²) in [7, 11) is 0. The van der Waals surface area contributed by atoms with Gasteiger partial charge in [-0.15, -0.1) is 0 Å². The molecule has 0 spiro atoms. The molecule has 0 bridgehead atoms. The van der Waals surface area contributed by atoms with Crippen LogP contribution < -0.4 is 4.74 Å². The minimum Gasteiger partial charge on any atom is -0.508 e. The van der Waals surface area contributed by atoms with E-state index >= 15 is 0 Å². The third-order valence-corrected chi connectivity index (χ3v) is 2.84. The molecule has 2 rings (SSSR count). The van der Waals surface area contributed by atoms with Crippen LogP contribution in [0.15, 0.2) is 12.1 Å². The SMILES string of the molecule is CC(C)(O)C1Cc2cc(O)cc(Cl)c2O1. The molecule has 0 aliphatic carbocycles. The van der Waals surface area contributed by atoms with Crippen molar-refractivity contribution in [3.63, 3.8) is 0 Å². The quantitative estimate of drug-likeness (QED) is 0.774. The molecule has 0 fully saturated rings. The lowest BCUT2D eigenvalue weighted by atomic mass is 9.97. The molecule has 0 saturated carbocycles. The summed E-state index contributed by atoms with van der Waals surface area (Å²) in [6.07, 6.45) is 0.249. The minimum absolute atomic E-state index is 0.124. The molecule has 1 aliphatic rings. The third-order valence-electron chi connectivity index (χ3n) is 2.56. The number of phenolic OH excluding ortho intramolecular Hbond substituents is 1. The van der Waals surface area contributed by atoms with E-state index in [4.69, 9.17) is 16.3 Å². The van der Waals surface area contributed by atoms with E-state index in [1.807, 2.05) is 0 Å². The number of phenols is 1. The Hall–Kier alpha value is -0.930. The Morgan fingerprint density at radius 2 is 2.13 bits per heavy atom. The van der Waals surface area contributed by atoms with Crippen molar-refractivity contribution in [3.8, 4) is 11.5 Å². The zero-order chi connectivity index (χ0) is 11.2. The number of aliphatic hydroxyl groups is 1. The molecule has 0 amide bonds. The fraction of sp³-hybridized carbons (Fsp3) is 0.455. The maximum Gasteiger partial charge on any atom is 0.142 e. The molecule has 1 aromatic carbocycles. The van der Waals surface area contributed by atoms with Crippen LogP contribution in [0.3, 0.4) is 0 Å². The van der Waals surface area contributed by atoms with E-state index in [2.05, 4.69) is 0 Å². The van der Waals surface area contributed by atoms with Gasteiger partial charge in [0.1, 0.15) is 17.6 Å². The van der Waals surface area contributed by atoms with Gasteiger partial charge in [-0.05, 0) is 19.9 Å².